The van der Waals surface area contributed by atoms with Gasteiger partial charge in [-0.1, -0.05) is 36.4 Å². The van der Waals surface area contributed by atoms with Crippen molar-refractivity contribution in [3.8, 4) is 0 Å². The van der Waals surface area contributed by atoms with Crippen LogP contribution in [0, 0.1) is 5.41 Å². The van der Waals surface area contributed by atoms with Gasteiger partial charge < -0.3 is 10.6 Å². The Bertz CT molecular complexity index is 1240. The van der Waals surface area contributed by atoms with Crippen molar-refractivity contribution in [2.75, 3.05) is 18.0 Å². The van der Waals surface area contributed by atoms with Gasteiger partial charge in [0, 0.05) is 54.2 Å². The average molecular weight is 431 g/mol. The topological polar surface area (TPSA) is 72.3 Å². The highest BCUT2D eigenvalue weighted by Gasteiger charge is 2.43. The minimum Gasteiger partial charge on any atom is -0.342 e. The van der Waals surface area contributed by atoms with Gasteiger partial charge in [0.25, 0.3) is 0 Å². The van der Waals surface area contributed by atoms with E-state index in [1.807, 2.05) is 36.9 Å². The molecule has 158 valence electrons. The van der Waals surface area contributed by atoms with Gasteiger partial charge in [0.15, 0.2) is 5.65 Å². The van der Waals surface area contributed by atoms with E-state index < -0.39 is 0 Å². The number of anilines is 1. The SMILES string of the molecule is N[C@@H]1CCCC12CCN(c1ncc(Sc3ccnc4ccccc34)c3nccn13)CC2. The number of nitrogens with two attached hydrogens (primary N) is 1. The highest BCUT2D eigenvalue weighted by molar-refractivity contribution is 7.99. The van der Waals surface area contributed by atoms with Crippen LogP contribution in [0.2, 0.25) is 0 Å². The Balaban J connectivity index is 1.31. The number of hydrogen-bond donors (Lipinski definition) is 1. The van der Waals surface area contributed by atoms with E-state index in [2.05, 4.69) is 37.5 Å². The number of para-hydroxylation sites is 1. The number of nitrogens with zero attached hydrogens (tertiary/aromatic N) is 5. The predicted octanol–water partition coefficient (Wildman–Crippen LogP) is 4.53. The molecule has 0 unspecified atom stereocenters. The lowest BCUT2D eigenvalue weighted by molar-refractivity contribution is 0.197. The largest absolute Gasteiger partial charge is 0.342 e. The summed E-state index contributed by atoms with van der Waals surface area (Å²) >= 11 is 1.70. The Morgan fingerprint density at radius 2 is 1.84 bits per heavy atom. The molecule has 2 N–H and O–H groups in total. The van der Waals surface area contributed by atoms with Crippen LogP contribution in [0.5, 0.6) is 0 Å². The maximum absolute atomic E-state index is 6.48. The van der Waals surface area contributed by atoms with E-state index in [1.54, 1.807) is 11.8 Å². The third-order valence-electron chi connectivity index (χ3n) is 7.22. The summed E-state index contributed by atoms with van der Waals surface area (Å²) in [7, 11) is 0. The summed E-state index contributed by atoms with van der Waals surface area (Å²) in [6.45, 7) is 2.02. The second kappa shape index (κ2) is 7.50. The highest BCUT2D eigenvalue weighted by atomic mass is 32.2. The normalized spacial score (nSPS) is 20.8. The van der Waals surface area contributed by atoms with E-state index in [0.717, 1.165) is 53.3 Å². The molecule has 1 saturated heterocycles. The zero-order valence-electron chi connectivity index (χ0n) is 17.4. The van der Waals surface area contributed by atoms with Crippen LogP contribution in [0.4, 0.5) is 5.95 Å². The van der Waals surface area contributed by atoms with Crippen molar-refractivity contribution in [1.82, 2.24) is 19.4 Å². The van der Waals surface area contributed by atoms with Crippen LogP contribution in [0.3, 0.4) is 0 Å². The maximum Gasteiger partial charge on any atom is 0.211 e. The molecular weight excluding hydrogens is 404 g/mol. The van der Waals surface area contributed by atoms with Crippen molar-refractivity contribution in [3.05, 3.63) is 55.1 Å². The highest BCUT2D eigenvalue weighted by Crippen LogP contribution is 2.46. The molecule has 1 saturated carbocycles. The molecule has 2 fully saturated rings. The van der Waals surface area contributed by atoms with Crippen LogP contribution in [0.1, 0.15) is 32.1 Å². The molecule has 0 amide bonds. The Morgan fingerprint density at radius 3 is 2.68 bits per heavy atom. The van der Waals surface area contributed by atoms with Gasteiger partial charge in [-0.05, 0) is 43.2 Å². The van der Waals surface area contributed by atoms with Crippen molar-refractivity contribution in [3.63, 3.8) is 0 Å². The van der Waals surface area contributed by atoms with Crippen molar-refractivity contribution in [1.29, 1.82) is 0 Å². The molecule has 1 aliphatic heterocycles. The molecule has 7 heteroatoms. The number of piperidine rings is 1. The second-order valence-corrected chi connectivity index (χ2v) is 9.90. The fourth-order valence-electron chi connectivity index (χ4n) is 5.40. The number of aromatic nitrogens is 4. The molecule has 6 rings (SSSR count). The quantitative estimate of drug-likeness (QED) is 0.515. The standard InChI is InChI=1S/C24H26N6S/c25-21-6-3-8-24(21)9-13-29(14-10-24)23-28-16-20(22-27-12-15-30(22)23)31-19-7-11-26-18-5-2-1-4-17(18)19/h1-2,4-5,7,11-12,15-16,21H,3,6,8-10,13-14,25H2/t21-/m1/s1. The van der Waals surface area contributed by atoms with E-state index >= 15 is 0 Å². The predicted molar refractivity (Wildman–Crippen MR) is 125 cm³/mol. The van der Waals surface area contributed by atoms with Crippen LogP contribution < -0.4 is 10.6 Å². The fourth-order valence-corrected chi connectivity index (χ4v) is 6.40. The van der Waals surface area contributed by atoms with Crippen molar-refractivity contribution in [2.45, 2.75) is 47.9 Å². The summed E-state index contributed by atoms with van der Waals surface area (Å²) in [5.74, 6) is 0.984. The molecule has 0 bridgehead atoms. The Kier molecular flexibility index (Phi) is 4.61. The lowest BCUT2D eigenvalue weighted by atomic mass is 9.74. The van der Waals surface area contributed by atoms with Crippen LogP contribution in [0.15, 0.2) is 64.9 Å². The van der Waals surface area contributed by atoms with E-state index in [0.29, 0.717) is 11.5 Å². The van der Waals surface area contributed by atoms with E-state index in [4.69, 9.17) is 10.7 Å². The van der Waals surface area contributed by atoms with Gasteiger partial charge in [0.2, 0.25) is 5.95 Å². The zero-order valence-corrected chi connectivity index (χ0v) is 18.3. The molecule has 31 heavy (non-hydrogen) atoms. The van der Waals surface area contributed by atoms with Gasteiger partial charge >= 0.3 is 0 Å². The molecular formula is C24H26N6S. The van der Waals surface area contributed by atoms with Gasteiger partial charge in [-0.15, -0.1) is 0 Å². The summed E-state index contributed by atoms with van der Waals surface area (Å²) in [6, 6.07) is 10.7. The van der Waals surface area contributed by atoms with E-state index in [1.165, 1.54) is 24.2 Å². The maximum atomic E-state index is 6.48. The van der Waals surface area contributed by atoms with Gasteiger partial charge in [-0.25, -0.2) is 9.97 Å². The van der Waals surface area contributed by atoms with Gasteiger partial charge in [-0.3, -0.25) is 9.38 Å². The third kappa shape index (κ3) is 3.18. The van der Waals surface area contributed by atoms with E-state index in [9.17, 15) is 0 Å². The van der Waals surface area contributed by atoms with Gasteiger partial charge in [0.05, 0.1) is 10.4 Å². The molecule has 1 atom stereocenters. The number of pyridine rings is 1. The number of hydrogen-bond acceptors (Lipinski definition) is 6. The van der Waals surface area contributed by atoms with Gasteiger partial charge in [0.1, 0.15) is 0 Å². The first kappa shape index (κ1) is 19.1. The van der Waals surface area contributed by atoms with Crippen LogP contribution in [0.25, 0.3) is 16.6 Å². The first-order chi connectivity index (χ1) is 15.2. The van der Waals surface area contributed by atoms with Gasteiger partial charge in [-0.2, -0.15) is 0 Å². The summed E-state index contributed by atoms with van der Waals surface area (Å²) in [4.78, 5) is 18.7. The number of imidazole rings is 1. The van der Waals surface area contributed by atoms with Crippen molar-refractivity contribution >= 4 is 34.3 Å². The van der Waals surface area contributed by atoms with Crippen molar-refractivity contribution in [2.24, 2.45) is 11.1 Å². The molecule has 6 nitrogen and oxygen atoms in total. The molecule has 1 spiro atoms. The molecule has 4 aromatic rings. The summed E-state index contributed by atoms with van der Waals surface area (Å²) in [5.41, 5.74) is 8.78. The van der Waals surface area contributed by atoms with E-state index in [-0.39, 0.29) is 0 Å². The van der Waals surface area contributed by atoms with Crippen LogP contribution in [-0.4, -0.2) is 38.5 Å². The number of benzene rings is 1. The molecule has 0 radical (unpaired) electrons. The molecule has 2 aliphatic rings. The summed E-state index contributed by atoms with van der Waals surface area (Å²) < 4.78 is 2.14. The Morgan fingerprint density at radius 1 is 0.968 bits per heavy atom. The second-order valence-electron chi connectivity index (χ2n) is 8.82. The van der Waals surface area contributed by atoms with Crippen molar-refractivity contribution < 1.29 is 0 Å². The zero-order chi connectivity index (χ0) is 20.8. The summed E-state index contributed by atoms with van der Waals surface area (Å²) in [5, 5.41) is 1.15. The molecule has 1 aliphatic carbocycles. The smallest absolute Gasteiger partial charge is 0.211 e. The van der Waals surface area contributed by atoms with Crippen LogP contribution in [-0.2, 0) is 0 Å². The lowest BCUT2D eigenvalue weighted by Crippen LogP contribution is -2.47. The first-order valence-electron chi connectivity index (χ1n) is 11.1. The lowest BCUT2D eigenvalue weighted by Gasteiger charge is -2.42. The molecule has 3 aromatic heterocycles. The fraction of sp³-hybridized carbons (Fsp3) is 0.375. The molecule has 4 heterocycles. The minimum absolute atomic E-state index is 0.350. The Hall–Kier alpha value is -2.64. The minimum atomic E-state index is 0.350. The number of fused-ring (bicyclic) bond motifs is 2. The number of rotatable bonds is 3. The third-order valence-corrected chi connectivity index (χ3v) is 8.31. The monoisotopic (exact) mass is 430 g/mol. The first-order valence-corrected chi connectivity index (χ1v) is 11.9. The summed E-state index contributed by atoms with van der Waals surface area (Å²) in [6.07, 6.45) is 13.8. The van der Waals surface area contributed by atoms with Crippen LogP contribution >= 0.6 is 11.8 Å². The average Bonchev–Trinajstić information content (AvgIpc) is 3.43. The molecule has 1 aromatic carbocycles. The Labute approximate surface area is 185 Å².